The van der Waals surface area contributed by atoms with E-state index in [-0.39, 0.29) is 0 Å². The van der Waals surface area contributed by atoms with Crippen molar-refractivity contribution in [3.8, 4) is 0 Å². The fraction of sp³-hybridized carbons (Fsp3) is 0.636. The van der Waals surface area contributed by atoms with Gasteiger partial charge in [0, 0.05) is 6.04 Å². The monoisotopic (exact) mass is 297 g/mol. The van der Waals surface area contributed by atoms with E-state index in [1.807, 2.05) is 0 Å². The molecule has 0 aromatic carbocycles. The maximum Gasteiger partial charge on any atom is 0.159 e. The average molecular weight is 298 g/mol. The molecule has 1 heterocycles. The van der Waals surface area contributed by atoms with Crippen molar-refractivity contribution >= 4 is 27.6 Å². The number of anilines is 2. The number of aromatic nitrogens is 2. The number of nitrogens with zero attached hydrogens (tertiary/aromatic N) is 2. The van der Waals surface area contributed by atoms with Gasteiger partial charge in [0.15, 0.2) is 5.82 Å². The van der Waals surface area contributed by atoms with Gasteiger partial charge in [-0.05, 0) is 47.0 Å². The first kappa shape index (κ1) is 11.2. The van der Waals surface area contributed by atoms with Crippen LogP contribution in [0.5, 0.6) is 0 Å². The third-order valence-electron chi connectivity index (χ3n) is 3.99. The Bertz CT molecular complexity index is 424. The van der Waals surface area contributed by atoms with Crippen LogP contribution in [0.4, 0.5) is 11.6 Å². The van der Waals surface area contributed by atoms with E-state index < -0.39 is 0 Å². The molecule has 0 saturated heterocycles. The second-order valence-corrected chi connectivity index (χ2v) is 5.75. The highest BCUT2D eigenvalue weighted by Gasteiger charge is 2.39. The van der Waals surface area contributed by atoms with Gasteiger partial charge in [0.25, 0.3) is 0 Å². The zero-order valence-corrected chi connectivity index (χ0v) is 11.1. The molecule has 6 heteroatoms. The SMILES string of the molecule is NNc1ncnc(NC2CC3CCC2C3)c1Br. The number of hydrogen-bond donors (Lipinski definition) is 3. The molecule has 5 nitrogen and oxygen atoms in total. The molecule has 3 unspecified atom stereocenters. The fourth-order valence-electron chi connectivity index (χ4n) is 3.17. The molecule has 2 fully saturated rings. The molecular weight excluding hydrogens is 282 g/mol. The number of nitrogen functional groups attached to an aromatic ring is 1. The summed E-state index contributed by atoms with van der Waals surface area (Å²) in [7, 11) is 0. The van der Waals surface area contributed by atoms with Gasteiger partial charge in [-0.2, -0.15) is 0 Å². The maximum atomic E-state index is 5.39. The van der Waals surface area contributed by atoms with Crippen LogP contribution in [0, 0.1) is 11.8 Å². The van der Waals surface area contributed by atoms with Crippen molar-refractivity contribution in [1.82, 2.24) is 9.97 Å². The molecule has 2 aliphatic rings. The largest absolute Gasteiger partial charge is 0.366 e. The standard InChI is InChI=1S/C11H16BrN5/c12-9-10(14-5-15-11(9)17-13)16-8-4-6-1-2-7(8)3-6/h5-8H,1-4,13H2,(H2,14,15,16,17). The first-order chi connectivity index (χ1) is 8.28. The lowest BCUT2D eigenvalue weighted by Gasteiger charge is -2.24. The van der Waals surface area contributed by atoms with E-state index in [1.54, 1.807) is 0 Å². The zero-order chi connectivity index (χ0) is 11.8. The van der Waals surface area contributed by atoms with Gasteiger partial charge < -0.3 is 10.7 Å². The molecule has 2 bridgehead atoms. The molecule has 1 aromatic heterocycles. The third-order valence-corrected chi connectivity index (χ3v) is 4.74. The number of fused-ring (bicyclic) bond motifs is 2. The van der Waals surface area contributed by atoms with Crippen molar-refractivity contribution < 1.29 is 0 Å². The Morgan fingerprint density at radius 1 is 1.24 bits per heavy atom. The molecule has 92 valence electrons. The number of rotatable bonds is 3. The normalized spacial score (nSPS) is 30.6. The smallest absolute Gasteiger partial charge is 0.159 e. The van der Waals surface area contributed by atoms with Crippen molar-refractivity contribution in [2.45, 2.75) is 31.7 Å². The Morgan fingerprint density at radius 2 is 2.06 bits per heavy atom. The fourth-order valence-corrected chi connectivity index (χ4v) is 3.60. The summed E-state index contributed by atoms with van der Waals surface area (Å²) < 4.78 is 0.810. The second kappa shape index (κ2) is 4.42. The van der Waals surface area contributed by atoms with Gasteiger partial charge in [-0.1, -0.05) is 6.42 Å². The minimum atomic E-state index is 0.561. The highest BCUT2D eigenvalue weighted by Crippen LogP contribution is 2.45. The molecule has 4 N–H and O–H groups in total. The second-order valence-electron chi connectivity index (χ2n) is 4.95. The lowest BCUT2D eigenvalue weighted by Crippen LogP contribution is -2.26. The van der Waals surface area contributed by atoms with Gasteiger partial charge >= 0.3 is 0 Å². The molecule has 2 saturated carbocycles. The van der Waals surface area contributed by atoms with Crippen LogP contribution >= 0.6 is 15.9 Å². The van der Waals surface area contributed by atoms with E-state index in [4.69, 9.17) is 5.84 Å². The molecule has 0 aliphatic heterocycles. The molecule has 1 aromatic rings. The number of hydrogen-bond acceptors (Lipinski definition) is 5. The summed E-state index contributed by atoms with van der Waals surface area (Å²) in [5, 5.41) is 3.52. The van der Waals surface area contributed by atoms with Gasteiger partial charge in [0.2, 0.25) is 0 Å². The van der Waals surface area contributed by atoms with E-state index >= 15 is 0 Å². The van der Waals surface area contributed by atoms with Crippen molar-refractivity contribution in [3.05, 3.63) is 10.8 Å². The summed E-state index contributed by atoms with van der Waals surface area (Å²) in [6.07, 6.45) is 6.93. The van der Waals surface area contributed by atoms with Crippen LogP contribution in [0.25, 0.3) is 0 Å². The van der Waals surface area contributed by atoms with Crippen LogP contribution in [0.15, 0.2) is 10.8 Å². The number of nitrogens with two attached hydrogens (primary N) is 1. The Kier molecular flexibility index (Phi) is 2.92. The van der Waals surface area contributed by atoms with Crippen LogP contribution in [-0.2, 0) is 0 Å². The average Bonchev–Trinajstić information content (AvgIpc) is 2.94. The van der Waals surface area contributed by atoms with Crippen LogP contribution in [-0.4, -0.2) is 16.0 Å². The molecular formula is C11H16BrN5. The lowest BCUT2D eigenvalue weighted by atomic mass is 9.95. The topological polar surface area (TPSA) is 75.9 Å². The van der Waals surface area contributed by atoms with Gasteiger partial charge in [0.1, 0.15) is 16.6 Å². The van der Waals surface area contributed by atoms with E-state index in [9.17, 15) is 0 Å². The van der Waals surface area contributed by atoms with Gasteiger partial charge in [-0.15, -0.1) is 0 Å². The summed E-state index contributed by atoms with van der Waals surface area (Å²) in [5.41, 5.74) is 2.56. The van der Waals surface area contributed by atoms with Crippen molar-refractivity contribution in [2.24, 2.45) is 17.7 Å². The molecule has 3 rings (SSSR count). The van der Waals surface area contributed by atoms with Gasteiger partial charge in [-0.25, -0.2) is 15.8 Å². The Labute approximate surface area is 109 Å². The van der Waals surface area contributed by atoms with E-state index in [0.717, 1.165) is 22.1 Å². The summed E-state index contributed by atoms with van der Waals surface area (Å²) in [6, 6.07) is 0.561. The Balaban J connectivity index is 1.77. The van der Waals surface area contributed by atoms with Crippen LogP contribution in [0.2, 0.25) is 0 Å². The van der Waals surface area contributed by atoms with Gasteiger partial charge in [-0.3, -0.25) is 0 Å². The molecule has 0 spiro atoms. The highest BCUT2D eigenvalue weighted by molar-refractivity contribution is 9.10. The third kappa shape index (κ3) is 1.99. The summed E-state index contributed by atoms with van der Waals surface area (Å²) in [5.74, 6) is 8.58. The molecule has 2 aliphatic carbocycles. The lowest BCUT2D eigenvalue weighted by molar-refractivity contribution is 0.439. The molecule has 0 amide bonds. The molecule has 3 atom stereocenters. The first-order valence-corrected chi connectivity index (χ1v) is 6.81. The minimum Gasteiger partial charge on any atom is -0.366 e. The highest BCUT2D eigenvalue weighted by atomic mass is 79.9. The predicted molar refractivity (Wildman–Crippen MR) is 70.4 cm³/mol. The van der Waals surface area contributed by atoms with E-state index in [1.165, 1.54) is 32.0 Å². The number of nitrogens with one attached hydrogen (secondary N) is 2. The Hall–Kier alpha value is -0.880. The predicted octanol–water partition coefficient (Wildman–Crippen LogP) is 2.13. The number of hydrazine groups is 1. The zero-order valence-electron chi connectivity index (χ0n) is 9.49. The van der Waals surface area contributed by atoms with Crippen LogP contribution in [0.3, 0.4) is 0 Å². The van der Waals surface area contributed by atoms with Crippen molar-refractivity contribution in [3.63, 3.8) is 0 Å². The molecule has 17 heavy (non-hydrogen) atoms. The van der Waals surface area contributed by atoms with Gasteiger partial charge in [0.05, 0.1) is 0 Å². The number of halogens is 1. The quantitative estimate of drug-likeness (QED) is 0.589. The maximum absolute atomic E-state index is 5.39. The van der Waals surface area contributed by atoms with E-state index in [0.29, 0.717) is 11.9 Å². The van der Waals surface area contributed by atoms with Crippen LogP contribution in [0.1, 0.15) is 25.7 Å². The van der Waals surface area contributed by atoms with E-state index in [2.05, 4.69) is 36.6 Å². The van der Waals surface area contributed by atoms with Crippen LogP contribution < -0.4 is 16.6 Å². The Morgan fingerprint density at radius 3 is 2.71 bits per heavy atom. The van der Waals surface area contributed by atoms with Crippen molar-refractivity contribution in [1.29, 1.82) is 0 Å². The van der Waals surface area contributed by atoms with Crippen molar-refractivity contribution in [2.75, 3.05) is 10.7 Å². The minimum absolute atomic E-state index is 0.561. The summed E-state index contributed by atoms with van der Waals surface area (Å²) in [6.45, 7) is 0. The molecule has 0 radical (unpaired) electrons. The summed E-state index contributed by atoms with van der Waals surface area (Å²) >= 11 is 3.47. The summed E-state index contributed by atoms with van der Waals surface area (Å²) in [4.78, 5) is 8.32. The first-order valence-electron chi connectivity index (χ1n) is 6.01.